The minimum atomic E-state index is 0.691. The zero-order valence-electron chi connectivity index (χ0n) is 9.09. The minimum Gasteiger partial charge on any atom is -0.382 e. The summed E-state index contributed by atoms with van der Waals surface area (Å²) < 4.78 is 0. The first-order valence-corrected chi connectivity index (χ1v) is 5.59. The molecule has 76 valence electrons. The molecule has 14 heavy (non-hydrogen) atoms. The maximum absolute atomic E-state index is 3.63. The molecule has 0 spiro atoms. The molecule has 1 nitrogen and oxygen atoms in total. The summed E-state index contributed by atoms with van der Waals surface area (Å²) in [6.07, 6.45) is 4.09. The molecule has 1 fully saturated rings. The third-order valence-corrected chi connectivity index (χ3v) is 3.23. The Hall–Kier alpha value is -0.980. The Bertz CT molecular complexity index is 306. The van der Waals surface area contributed by atoms with Crippen LogP contribution in [0.15, 0.2) is 24.3 Å². The first-order chi connectivity index (χ1) is 6.75. The van der Waals surface area contributed by atoms with E-state index >= 15 is 0 Å². The van der Waals surface area contributed by atoms with Crippen molar-refractivity contribution >= 4 is 5.69 Å². The Morgan fingerprint density at radius 1 is 1.29 bits per heavy atom. The second-order valence-electron chi connectivity index (χ2n) is 4.53. The maximum atomic E-state index is 3.63. The first kappa shape index (κ1) is 9.57. The third-order valence-electron chi connectivity index (χ3n) is 3.23. The zero-order valence-corrected chi connectivity index (χ0v) is 9.09. The number of nitrogens with one attached hydrogen (secondary N) is 1. The smallest absolute Gasteiger partial charge is 0.0345 e. The van der Waals surface area contributed by atoms with Gasteiger partial charge in [-0.15, -0.1) is 0 Å². The summed E-state index contributed by atoms with van der Waals surface area (Å²) in [6, 6.07) is 9.35. The van der Waals surface area contributed by atoms with Gasteiger partial charge in [0.15, 0.2) is 0 Å². The fraction of sp³-hybridized carbons (Fsp3) is 0.538. The van der Waals surface area contributed by atoms with Gasteiger partial charge >= 0.3 is 0 Å². The predicted octanol–water partition coefficient (Wildman–Crippen LogP) is 3.60. The van der Waals surface area contributed by atoms with Crippen LogP contribution in [0, 0.1) is 12.8 Å². The van der Waals surface area contributed by atoms with Crippen LogP contribution in [0.3, 0.4) is 0 Å². The summed E-state index contributed by atoms with van der Waals surface area (Å²) in [4.78, 5) is 0. The summed E-state index contributed by atoms with van der Waals surface area (Å²) in [6.45, 7) is 4.49. The van der Waals surface area contributed by atoms with Gasteiger partial charge in [0.05, 0.1) is 0 Å². The number of hydrogen-bond donors (Lipinski definition) is 1. The topological polar surface area (TPSA) is 12.0 Å². The lowest BCUT2D eigenvalue weighted by Gasteiger charge is -2.18. The van der Waals surface area contributed by atoms with E-state index in [0.29, 0.717) is 6.04 Å². The normalized spacial score (nSPS) is 26.4. The molecular weight excluding hydrogens is 170 g/mol. The molecule has 0 unspecified atom stereocenters. The van der Waals surface area contributed by atoms with Crippen molar-refractivity contribution in [2.75, 3.05) is 5.32 Å². The average molecular weight is 189 g/mol. The van der Waals surface area contributed by atoms with Crippen molar-refractivity contribution in [3.05, 3.63) is 29.8 Å². The summed E-state index contributed by atoms with van der Waals surface area (Å²) in [7, 11) is 0. The Kier molecular flexibility index (Phi) is 2.76. The van der Waals surface area contributed by atoms with Crippen LogP contribution in [0.2, 0.25) is 0 Å². The molecule has 1 saturated carbocycles. The fourth-order valence-corrected chi connectivity index (χ4v) is 2.31. The van der Waals surface area contributed by atoms with E-state index in [0.717, 1.165) is 5.92 Å². The molecular formula is C13H19N. The molecule has 0 aliphatic heterocycles. The van der Waals surface area contributed by atoms with Gasteiger partial charge in [0, 0.05) is 11.7 Å². The number of benzene rings is 1. The van der Waals surface area contributed by atoms with Crippen molar-refractivity contribution < 1.29 is 0 Å². The summed E-state index contributed by atoms with van der Waals surface area (Å²) in [5, 5.41) is 3.63. The Morgan fingerprint density at radius 3 is 2.79 bits per heavy atom. The Labute approximate surface area is 86.5 Å². The second kappa shape index (κ2) is 4.04. The molecule has 1 aromatic rings. The van der Waals surface area contributed by atoms with Gasteiger partial charge in [-0.05, 0) is 43.4 Å². The fourth-order valence-electron chi connectivity index (χ4n) is 2.31. The molecule has 1 N–H and O–H groups in total. The lowest BCUT2D eigenvalue weighted by atomic mass is 10.1. The number of aryl methyl sites for hydroxylation is 1. The monoisotopic (exact) mass is 189 g/mol. The van der Waals surface area contributed by atoms with Crippen molar-refractivity contribution in [2.45, 2.75) is 39.2 Å². The van der Waals surface area contributed by atoms with Crippen molar-refractivity contribution in [3.8, 4) is 0 Å². The van der Waals surface area contributed by atoms with Crippen molar-refractivity contribution in [1.82, 2.24) is 0 Å². The maximum Gasteiger partial charge on any atom is 0.0345 e. The average Bonchev–Trinajstić information content (AvgIpc) is 2.52. The van der Waals surface area contributed by atoms with Gasteiger partial charge in [0.1, 0.15) is 0 Å². The highest BCUT2D eigenvalue weighted by atomic mass is 14.9. The van der Waals surface area contributed by atoms with E-state index in [-0.39, 0.29) is 0 Å². The van der Waals surface area contributed by atoms with Crippen LogP contribution < -0.4 is 5.32 Å². The van der Waals surface area contributed by atoms with E-state index < -0.39 is 0 Å². The van der Waals surface area contributed by atoms with Crippen LogP contribution in [0.5, 0.6) is 0 Å². The van der Waals surface area contributed by atoms with Gasteiger partial charge < -0.3 is 5.32 Å². The molecule has 0 saturated heterocycles. The van der Waals surface area contributed by atoms with E-state index in [1.54, 1.807) is 0 Å². The highest BCUT2D eigenvalue weighted by molar-refractivity contribution is 5.46. The van der Waals surface area contributed by atoms with Crippen molar-refractivity contribution in [1.29, 1.82) is 0 Å². The van der Waals surface area contributed by atoms with E-state index in [2.05, 4.69) is 43.4 Å². The molecule has 2 rings (SSSR count). The Morgan fingerprint density at radius 2 is 2.14 bits per heavy atom. The van der Waals surface area contributed by atoms with E-state index in [9.17, 15) is 0 Å². The van der Waals surface area contributed by atoms with Gasteiger partial charge in [-0.3, -0.25) is 0 Å². The SMILES string of the molecule is Cc1cccc(N[C@H]2CCC[C@H]2C)c1. The zero-order chi connectivity index (χ0) is 9.97. The van der Waals surface area contributed by atoms with Crippen LogP contribution in [0.1, 0.15) is 31.7 Å². The number of anilines is 1. The van der Waals surface area contributed by atoms with Gasteiger partial charge in [0.2, 0.25) is 0 Å². The van der Waals surface area contributed by atoms with Gasteiger partial charge in [-0.25, -0.2) is 0 Å². The third kappa shape index (κ3) is 2.09. The quantitative estimate of drug-likeness (QED) is 0.749. The molecule has 1 aliphatic carbocycles. The van der Waals surface area contributed by atoms with Gasteiger partial charge in [0.25, 0.3) is 0 Å². The first-order valence-electron chi connectivity index (χ1n) is 5.59. The van der Waals surface area contributed by atoms with Crippen LogP contribution in [0.25, 0.3) is 0 Å². The van der Waals surface area contributed by atoms with Crippen LogP contribution in [0.4, 0.5) is 5.69 Å². The standard InChI is InChI=1S/C13H19N/c1-10-5-3-7-12(9-10)14-13-8-4-6-11(13)2/h3,5,7,9,11,13-14H,4,6,8H2,1-2H3/t11-,13+/m1/s1. The molecule has 1 aromatic carbocycles. The van der Waals surface area contributed by atoms with Crippen LogP contribution >= 0.6 is 0 Å². The van der Waals surface area contributed by atoms with Crippen molar-refractivity contribution in [2.24, 2.45) is 5.92 Å². The Balaban J connectivity index is 2.03. The van der Waals surface area contributed by atoms with E-state index in [1.807, 2.05) is 0 Å². The molecule has 0 radical (unpaired) electrons. The lowest BCUT2D eigenvalue weighted by molar-refractivity contribution is 0.556. The number of rotatable bonds is 2. The summed E-state index contributed by atoms with van der Waals surface area (Å²) >= 11 is 0. The summed E-state index contributed by atoms with van der Waals surface area (Å²) in [5.41, 5.74) is 2.62. The highest BCUT2D eigenvalue weighted by Gasteiger charge is 2.22. The van der Waals surface area contributed by atoms with Crippen molar-refractivity contribution in [3.63, 3.8) is 0 Å². The van der Waals surface area contributed by atoms with Crippen LogP contribution in [-0.2, 0) is 0 Å². The molecule has 0 aromatic heterocycles. The van der Waals surface area contributed by atoms with Gasteiger partial charge in [-0.1, -0.05) is 25.5 Å². The molecule has 0 heterocycles. The molecule has 1 aliphatic rings. The molecule has 0 bridgehead atoms. The molecule has 0 amide bonds. The highest BCUT2D eigenvalue weighted by Crippen LogP contribution is 2.27. The number of hydrogen-bond acceptors (Lipinski definition) is 1. The van der Waals surface area contributed by atoms with E-state index in [1.165, 1.54) is 30.5 Å². The van der Waals surface area contributed by atoms with E-state index in [4.69, 9.17) is 0 Å². The van der Waals surface area contributed by atoms with Gasteiger partial charge in [-0.2, -0.15) is 0 Å². The minimum absolute atomic E-state index is 0.691. The largest absolute Gasteiger partial charge is 0.382 e. The predicted molar refractivity (Wildman–Crippen MR) is 61.6 cm³/mol. The van der Waals surface area contributed by atoms with Crippen LogP contribution in [-0.4, -0.2) is 6.04 Å². The molecule has 2 atom stereocenters. The second-order valence-corrected chi connectivity index (χ2v) is 4.53. The molecule has 1 heteroatoms. The summed E-state index contributed by atoms with van der Waals surface area (Å²) in [5.74, 6) is 0.829. The lowest BCUT2D eigenvalue weighted by Crippen LogP contribution is -2.21.